The van der Waals surface area contributed by atoms with Crippen LogP contribution in [0, 0.1) is 6.92 Å². The van der Waals surface area contributed by atoms with E-state index in [2.05, 4.69) is 15.4 Å². The van der Waals surface area contributed by atoms with E-state index in [0.29, 0.717) is 17.7 Å². The van der Waals surface area contributed by atoms with E-state index in [0.717, 1.165) is 19.4 Å². The lowest BCUT2D eigenvalue weighted by Crippen LogP contribution is -2.27. The number of aryl methyl sites for hydroxylation is 1. The maximum absolute atomic E-state index is 12.2. The molecule has 0 saturated carbocycles. The van der Waals surface area contributed by atoms with Crippen molar-refractivity contribution in [2.24, 2.45) is 0 Å². The molecular formula is C14H19ClF2N2O2. The topological polar surface area (TPSA) is 50.4 Å². The minimum absolute atomic E-state index is 0. The fraction of sp³-hybridized carbons (Fsp3) is 0.500. The minimum atomic E-state index is -2.87. The minimum Gasteiger partial charge on any atom is -0.434 e. The molecule has 0 bridgehead atoms. The van der Waals surface area contributed by atoms with E-state index in [1.165, 1.54) is 6.07 Å². The molecule has 0 aliphatic carbocycles. The third-order valence-electron chi connectivity index (χ3n) is 3.28. The van der Waals surface area contributed by atoms with E-state index >= 15 is 0 Å². The molecule has 1 saturated heterocycles. The van der Waals surface area contributed by atoms with Gasteiger partial charge in [-0.25, -0.2) is 0 Å². The second-order valence-electron chi connectivity index (χ2n) is 4.90. The summed E-state index contributed by atoms with van der Waals surface area (Å²) in [5.41, 5.74) is 1.06. The summed E-state index contributed by atoms with van der Waals surface area (Å²) < 4.78 is 28.9. The van der Waals surface area contributed by atoms with Crippen molar-refractivity contribution in [3.8, 4) is 5.75 Å². The van der Waals surface area contributed by atoms with Crippen LogP contribution in [-0.2, 0) is 4.79 Å². The van der Waals surface area contributed by atoms with Gasteiger partial charge in [-0.2, -0.15) is 8.78 Å². The van der Waals surface area contributed by atoms with Crippen molar-refractivity contribution in [1.29, 1.82) is 0 Å². The normalized spacial score (nSPS) is 17.4. The third-order valence-corrected chi connectivity index (χ3v) is 3.28. The SMILES string of the molecule is Cc1ccc(NC(=O)CC2CCCN2)cc1OC(F)F.Cl. The number of alkyl halides is 2. The molecular weight excluding hydrogens is 302 g/mol. The molecule has 2 rings (SSSR count). The van der Waals surface area contributed by atoms with Crippen molar-refractivity contribution < 1.29 is 18.3 Å². The van der Waals surface area contributed by atoms with Gasteiger partial charge in [0, 0.05) is 24.2 Å². The van der Waals surface area contributed by atoms with E-state index in [-0.39, 0.29) is 30.1 Å². The average Bonchev–Trinajstić information content (AvgIpc) is 2.85. The van der Waals surface area contributed by atoms with Crippen LogP contribution in [0.5, 0.6) is 5.75 Å². The van der Waals surface area contributed by atoms with Gasteiger partial charge < -0.3 is 15.4 Å². The van der Waals surface area contributed by atoms with E-state index in [9.17, 15) is 13.6 Å². The molecule has 1 aromatic rings. The molecule has 2 N–H and O–H groups in total. The second-order valence-corrected chi connectivity index (χ2v) is 4.90. The molecule has 0 aromatic heterocycles. The Morgan fingerprint density at radius 1 is 1.52 bits per heavy atom. The fourth-order valence-electron chi connectivity index (χ4n) is 2.27. The van der Waals surface area contributed by atoms with E-state index < -0.39 is 6.61 Å². The number of carbonyl (C=O) groups excluding carboxylic acids is 1. The van der Waals surface area contributed by atoms with Crippen LogP contribution in [0.4, 0.5) is 14.5 Å². The monoisotopic (exact) mass is 320 g/mol. The summed E-state index contributed by atoms with van der Waals surface area (Å²) in [5.74, 6) is -0.0481. The maximum Gasteiger partial charge on any atom is 0.387 e. The Hall–Kier alpha value is -1.40. The number of benzene rings is 1. The third kappa shape index (κ3) is 5.47. The van der Waals surface area contributed by atoms with Gasteiger partial charge >= 0.3 is 6.61 Å². The molecule has 0 radical (unpaired) electrons. The van der Waals surface area contributed by atoms with Gasteiger partial charge in [0.25, 0.3) is 0 Å². The molecule has 4 nitrogen and oxygen atoms in total. The van der Waals surface area contributed by atoms with Crippen LogP contribution in [0.25, 0.3) is 0 Å². The Morgan fingerprint density at radius 2 is 2.29 bits per heavy atom. The van der Waals surface area contributed by atoms with E-state index in [1.807, 2.05) is 0 Å². The highest BCUT2D eigenvalue weighted by atomic mass is 35.5. The summed E-state index contributed by atoms with van der Waals surface area (Å²) in [6.07, 6.45) is 2.45. The van der Waals surface area contributed by atoms with Crippen LogP contribution in [0.3, 0.4) is 0 Å². The fourth-order valence-corrected chi connectivity index (χ4v) is 2.27. The van der Waals surface area contributed by atoms with E-state index in [4.69, 9.17) is 0 Å². The van der Waals surface area contributed by atoms with Gasteiger partial charge in [0.2, 0.25) is 5.91 Å². The first-order valence-electron chi connectivity index (χ1n) is 6.63. The van der Waals surface area contributed by atoms with Crippen molar-refractivity contribution in [1.82, 2.24) is 5.32 Å². The number of amides is 1. The standard InChI is InChI=1S/C14H18F2N2O2.ClH/c1-9-4-5-11(7-12(9)20-14(15)16)18-13(19)8-10-3-2-6-17-10;/h4-5,7,10,14,17H,2-3,6,8H2,1H3,(H,18,19);1H. The van der Waals surface area contributed by atoms with Crippen molar-refractivity contribution >= 4 is 24.0 Å². The summed E-state index contributed by atoms with van der Waals surface area (Å²) in [7, 11) is 0. The number of hydrogen-bond donors (Lipinski definition) is 2. The predicted octanol–water partition coefficient (Wildman–Crippen LogP) is 3.10. The molecule has 1 unspecified atom stereocenters. The largest absolute Gasteiger partial charge is 0.434 e. The number of nitrogens with one attached hydrogen (secondary N) is 2. The van der Waals surface area contributed by atoms with Crippen molar-refractivity contribution in [2.75, 3.05) is 11.9 Å². The number of rotatable bonds is 5. The van der Waals surface area contributed by atoms with Crippen LogP contribution in [-0.4, -0.2) is 25.1 Å². The lowest BCUT2D eigenvalue weighted by atomic mass is 10.1. The van der Waals surface area contributed by atoms with Crippen molar-refractivity contribution in [3.63, 3.8) is 0 Å². The molecule has 0 spiro atoms. The zero-order valence-corrected chi connectivity index (χ0v) is 12.5. The number of hydrogen-bond acceptors (Lipinski definition) is 3. The lowest BCUT2D eigenvalue weighted by molar-refractivity contribution is -0.116. The number of ether oxygens (including phenoxy) is 1. The highest BCUT2D eigenvalue weighted by Gasteiger charge is 2.18. The Kier molecular flexibility index (Phi) is 6.84. The predicted molar refractivity (Wildman–Crippen MR) is 79.3 cm³/mol. The Morgan fingerprint density at radius 3 is 2.90 bits per heavy atom. The Labute approximate surface area is 128 Å². The smallest absolute Gasteiger partial charge is 0.387 e. The highest BCUT2D eigenvalue weighted by Crippen LogP contribution is 2.24. The summed E-state index contributed by atoms with van der Waals surface area (Å²) in [6.45, 7) is -0.261. The molecule has 1 aliphatic rings. The van der Waals surface area contributed by atoms with Crippen LogP contribution >= 0.6 is 12.4 Å². The van der Waals surface area contributed by atoms with Gasteiger partial charge in [0.15, 0.2) is 0 Å². The molecule has 1 amide bonds. The molecule has 118 valence electrons. The summed E-state index contributed by atoms with van der Waals surface area (Å²) >= 11 is 0. The van der Waals surface area contributed by atoms with Gasteiger partial charge in [-0.05, 0) is 37.9 Å². The van der Waals surface area contributed by atoms with Gasteiger partial charge in [-0.3, -0.25) is 4.79 Å². The van der Waals surface area contributed by atoms with Gasteiger partial charge in [0.05, 0.1) is 0 Å². The summed E-state index contributed by atoms with van der Waals surface area (Å²) in [5, 5.41) is 5.94. The van der Waals surface area contributed by atoms with Crippen LogP contribution in [0.1, 0.15) is 24.8 Å². The summed E-state index contributed by atoms with van der Waals surface area (Å²) in [4.78, 5) is 11.8. The van der Waals surface area contributed by atoms with E-state index in [1.54, 1.807) is 19.1 Å². The number of carbonyl (C=O) groups is 1. The van der Waals surface area contributed by atoms with Gasteiger partial charge in [0.1, 0.15) is 5.75 Å². The molecule has 7 heteroatoms. The average molecular weight is 321 g/mol. The Balaban J connectivity index is 0.00000220. The molecule has 1 aliphatic heterocycles. The quantitative estimate of drug-likeness (QED) is 0.876. The molecule has 1 fully saturated rings. The van der Waals surface area contributed by atoms with Crippen molar-refractivity contribution in [2.45, 2.75) is 38.8 Å². The molecule has 1 aromatic carbocycles. The van der Waals surface area contributed by atoms with Crippen LogP contribution in [0.2, 0.25) is 0 Å². The molecule has 1 atom stereocenters. The molecule has 1 heterocycles. The number of anilines is 1. The number of halogens is 3. The van der Waals surface area contributed by atoms with Crippen LogP contribution in [0.15, 0.2) is 18.2 Å². The van der Waals surface area contributed by atoms with Crippen LogP contribution < -0.4 is 15.4 Å². The first-order chi connectivity index (χ1) is 9.54. The zero-order chi connectivity index (χ0) is 14.5. The summed E-state index contributed by atoms with van der Waals surface area (Å²) in [6, 6.07) is 4.94. The second kappa shape index (κ2) is 8.14. The first-order valence-corrected chi connectivity index (χ1v) is 6.63. The maximum atomic E-state index is 12.2. The van der Waals surface area contributed by atoms with Gasteiger partial charge in [-0.1, -0.05) is 6.07 Å². The molecule has 21 heavy (non-hydrogen) atoms. The highest BCUT2D eigenvalue weighted by molar-refractivity contribution is 5.91. The zero-order valence-electron chi connectivity index (χ0n) is 11.7. The lowest BCUT2D eigenvalue weighted by Gasteiger charge is -2.13. The first kappa shape index (κ1) is 17.7. The van der Waals surface area contributed by atoms with Gasteiger partial charge in [-0.15, -0.1) is 12.4 Å². The Bertz CT molecular complexity index is 480. The van der Waals surface area contributed by atoms with Crippen molar-refractivity contribution in [3.05, 3.63) is 23.8 Å².